The fraction of sp³-hybridized carbons (Fsp3) is 0.458. The molecule has 6 heteroatoms. The highest BCUT2D eigenvalue weighted by Gasteiger charge is 2.62. The van der Waals surface area contributed by atoms with E-state index < -0.39 is 17.3 Å². The van der Waals surface area contributed by atoms with Crippen molar-refractivity contribution in [1.29, 1.82) is 0 Å². The van der Waals surface area contributed by atoms with Crippen LogP contribution in [0.2, 0.25) is 0 Å². The van der Waals surface area contributed by atoms with E-state index in [1.807, 2.05) is 6.92 Å². The summed E-state index contributed by atoms with van der Waals surface area (Å²) in [4.78, 5) is 5.01. The van der Waals surface area contributed by atoms with Crippen LogP contribution in [-0.2, 0) is 22.9 Å². The van der Waals surface area contributed by atoms with E-state index in [-0.39, 0.29) is 11.5 Å². The van der Waals surface area contributed by atoms with Crippen molar-refractivity contribution in [3.8, 4) is 0 Å². The molecule has 0 radical (unpaired) electrons. The Morgan fingerprint density at radius 3 is 2.47 bits per heavy atom. The van der Waals surface area contributed by atoms with Gasteiger partial charge in [-0.25, -0.2) is 0 Å². The molecule has 5 rings (SSSR count). The number of fused-ring (bicyclic) bond motifs is 5. The van der Waals surface area contributed by atoms with Gasteiger partial charge in [0.2, 0.25) is 0 Å². The fourth-order valence-electron chi connectivity index (χ4n) is 6.03. The fourth-order valence-corrected chi connectivity index (χ4v) is 6.03. The lowest BCUT2D eigenvalue weighted by Crippen LogP contribution is -2.45. The molecule has 0 bridgehead atoms. The molecule has 2 aromatic carbocycles. The Morgan fingerprint density at radius 1 is 1.07 bits per heavy atom. The summed E-state index contributed by atoms with van der Waals surface area (Å²) in [5.74, 6) is 0.335. The number of halogens is 3. The van der Waals surface area contributed by atoms with Crippen LogP contribution in [0.4, 0.5) is 13.2 Å². The first-order valence-corrected chi connectivity index (χ1v) is 10.4. The number of nitrogens with zero attached hydrogens (tertiary/aromatic N) is 1. The molecule has 30 heavy (non-hydrogen) atoms. The maximum absolute atomic E-state index is 13.6. The number of aryl methyl sites for hydroxylation is 1. The Balaban J connectivity index is 1.78. The number of rotatable bonds is 1. The summed E-state index contributed by atoms with van der Waals surface area (Å²) < 4.78 is 46.5. The molecule has 2 aliphatic carbocycles. The summed E-state index contributed by atoms with van der Waals surface area (Å²) in [6, 6.07) is 10.2. The molecule has 2 aromatic rings. The summed E-state index contributed by atoms with van der Waals surface area (Å²) in [5.41, 5.74) is 9.03. The van der Waals surface area contributed by atoms with Gasteiger partial charge in [0.25, 0.3) is 0 Å². The van der Waals surface area contributed by atoms with Crippen LogP contribution >= 0.6 is 0 Å². The maximum Gasteiger partial charge on any atom is 0.416 e. The normalized spacial score (nSPS) is 29.9. The Hall–Kier alpha value is -2.34. The third-order valence-electron chi connectivity index (χ3n) is 7.48. The maximum atomic E-state index is 13.6. The van der Waals surface area contributed by atoms with Crippen molar-refractivity contribution in [2.24, 2.45) is 16.1 Å². The van der Waals surface area contributed by atoms with Crippen molar-refractivity contribution in [1.82, 2.24) is 0 Å². The summed E-state index contributed by atoms with van der Waals surface area (Å²) in [6.07, 6.45) is -0.0169. The minimum atomic E-state index is -4.41. The number of nitrogens with two attached hydrogens (primary N) is 1. The highest BCUT2D eigenvalue weighted by atomic mass is 19.4. The molecule has 1 aliphatic heterocycles. The number of alkyl halides is 3. The third-order valence-corrected chi connectivity index (χ3v) is 7.48. The molecule has 3 nitrogen and oxygen atoms in total. The van der Waals surface area contributed by atoms with Crippen LogP contribution in [-0.4, -0.2) is 19.0 Å². The van der Waals surface area contributed by atoms with Crippen LogP contribution in [0.3, 0.4) is 0 Å². The molecule has 0 aromatic heterocycles. The van der Waals surface area contributed by atoms with E-state index in [1.54, 1.807) is 7.11 Å². The molecule has 2 spiro atoms. The molecule has 1 fully saturated rings. The standard InChI is InChI=1S/C24H25F3N2O/c1-14-3-4-15-13-22(9-7-17(30-2)8-10-22)23(19(15)11-14)20-12-16(24(25,26)27)5-6-18(20)21(28)29-23/h3-6,11-12,17H,7-10,13H2,1-2H3,(H2,28,29). The first kappa shape index (κ1) is 19.6. The van der Waals surface area contributed by atoms with Crippen molar-refractivity contribution < 1.29 is 17.9 Å². The second-order valence-electron chi connectivity index (χ2n) is 9.02. The van der Waals surface area contributed by atoms with Gasteiger partial charge >= 0.3 is 6.18 Å². The van der Waals surface area contributed by atoms with Gasteiger partial charge in [-0.2, -0.15) is 13.2 Å². The lowest BCUT2D eigenvalue weighted by molar-refractivity contribution is -0.137. The number of benzene rings is 2. The van der Waals surface area contributed by atoms with Crippen LogP contribution in [0.25, 0.3) is 0 Å². The summed E-state index contributed by atoms with van der Waals surface area (Å²) in [5, 5.41) is 0. The monoisotopic (exact) mass is 414 g/mol. The van der Waals surface area contributed by atoms with Crippen molar-refractivity contribution >= 4 is 5.84 Å². The minimum absolute atomic E-state index is 0.182. The van der Waals surface area contributed by atoms with Gasteiger partial charge in [-0.05, 0) is 67.9 Å². The molecular weight excluding hydrogens is 389 g/mol. The van der Waals surface area contributed by atoms with Crippen molar-refractivity contribution in [2.75, 3.05) is 7.11 Å². The largest absolute Gasteiger partial charge is 0.416 e. The summed E-state index contributed by atoms with van der Waals surface area (Å²) in [7, 11) is 1.72. The van der Waals surface area contributed by atoms with Gasteiger partial charge in [0.1, 0.15) is 11.4 Å². The van der Waals surface area contributed by atoms with Crippen LogP contribution in [0.1, 0.15) is 59.1 Å². The van der Waals surface area contributed by atoms with E-state index in [0.29, 0.717) is 17.0 Å². The van der Waals surface area contributed by atoms with E-state index in [0.717, 1.165) is 49.3 Å². The molecule has 3 aliphatic rings. The van der Waals surface area contributed by atoms with Crippen molar-refractivity contribution in [3.05, 3.63) is 69.8 Å². The third kappa shape index (κ3) is 2.52. The highest BCUT2D eigenvalue weighted by Crippen LogP contribution is 2.65. The number of hydrogen-bond acceptors (Lipinski definition) is 3. The predicted octanol–water partition coefficient (Wildman–Crippen LogP) is 5.11. The number of amidine groups is 1. The Labute approximate surface area is 174 Å². The molecule has 0 saturated heterocycles. The zero-order chi connectivity index (χ0) is 21.3. The van der Waals surface area contributed by atoms with Gasteiger partial charge < -0.3 is 10.5 Å². The van der Waals surface area contributed by atoms with Crippen LogP contribution in [0, 0.1) is 12.3 Å². The Kier molecular flexibility index (Phi) is 4.14. The molecule has 2 N–H and O–H groups in total. The van der Waals surface area contributed by atoms with Crippen LogP contribution in [0.5, 0.6) is 0 Å². The summed E-state index contributed by atoms with van der Waals surface area (Å²) in [6.45, 7) is 2.01. The lowest BCUT2D eigenvalue weighted by atomic mass is 9.59. The smallest absolute Gasteiger partial charge is 0.383 e. The van der Waals surface area contributed by atoms with E-state index in [2.05, 4.69) is 18.2 Å². The summed E-state index contributed by atoms with van der Waals surface area (Å²) >= 11 is 0. The van der Waals surface area contributed by atoms with Crippen LogP contribution in [0.15, 0.2) is 41.4 Å². The molecule has 1 atom stereocenters. The van der Waals surface area contributed by atoms with Gasteiger partial charge in [0.15, 0.2) is 0 Å². The Morgan fingerprint density at radius 2 is 1.80 bits per heavy atom. The average Bonchev–Trinajstić information content (AvgIpc) is 3.15. The highest BCUT2D eigenvalue weighted by molar-refractivity contribution is 6.03. The number of methoxy groups -OCH3 is 1. The van der Waals surface area contributed by atoms with E-state index in [9.17, 15) is 13.2 Å². The first-order chi connectivity index (χ1) is 14.2. The van der Waals surface area contributed by atoms with E-state index in [4.69, 9.17) is 15.5 Å². The zero-order valence-corrected chi connectivity index (χ0v) is 17.1. The van der Waals surface area contributed by atoms with Gasteiger partial charge in [-0.15, -0.1) is 0 Å². The second-order valence-corrected chi connectivity index (χ2v) is 9.02. The Bertz CT molecular complexity index is 1050. The second kappa shape index (κ2) is 6.33. The molecule has 1 saturated carbocycles. The average molecular weight is 414 g/mol. The molecular formula is C24H25F3N2O. The van der Waals surface area contributed by atoms with Crippen molar-refractivity contribution in [3.63, 3.8) is 0 Å². The van der Waals surface area contributed by atoms with Gasteiger partial charge in [0.05, 0.1) is 11.7 Å². The zero-order valence-electron chi connectivity index (χ0n) is 17.1. The van der Waals surface area contributed by atoms with Crippen molar-refractivity contribution in [2.45, 2.75) is 56.8 Å². The quantitative estimate of drug-likeness (QED) is 0.705. The first-order valence-electron chi connectivity index (χ1n) is 10.4. The van der Waals surface area contributed by atoms with E-state index >= 15 is 0 Å². The lowest BCUT2D eigenvalue weighted by Gasteiger charge is -2.47. The number of ether oxygens (including phenoxy) is 1. The molecule has 1 heterocycles. The van der Waals surface area contributed by atoms with E-state index in [1.165, 1.54) is 17.7 Å². The number of aliphatic imine (C=N–C) groups is 1. The SMILES string of the molecule is COC1CCC2(CC1)Cc1ccc(C)cc1C21N=C(N)c2ccc(C(F)(F)F)cc21. The predicted molar refractivity (Wildman–Crippen MR) is 110 cm³/mol. The van der Waals surface area contributed by atoms with Crippen LogP contribution < -0.4 is 5.73 Å². The molecule has 158 valence electrons. The molecule has 0 amide bonds. The van der Waals surface area contributed by atoms with Gasteiger partial charge in [-0.3, -0.25) is 4.99 Å². The van der Waals surface area contributed by atoms with Gasteiger partial charge in [-0.1, -0.05) is 29.8 Å². The number of hydrogen-bond donors (Lipinski definition) is 1. The minimum Gasteiger partial charge on any atom is -0.383 e. The topological polar surface area (TPSA) is 47.6 Å². The van der Waals surface area contributed by atoms with Gasteiger partial charge in [0, 0.05) is 18.1 Å². The molecule has 1 unspecified atom stereocenters.